The van der Waals surface area contributed by atoms with Crippen LogP contribution in [0.3, 0.4) is 0 Å². The van der Waals surface area contributed by atoms with Crippen molar-refractivity contribution >= 4 is 23.4 Å². The third-order valence-electron chi connectivity index (χ3n) is 2.42. The van der Waals surface area contributed by atoms with E-state index in [1.165, 1.54) is 12.3 Å². The summed E-state index contributed by atoms with van der Waals surface area (Å²) in [6, 6.07) is 6.47. The molecule has 0 saturated carbocycles. The molecule has 7 heteroatoms. The molecule has 0 radical (unpaired) electrons. The van der Waals surface area contributed by atoms with Gasteiger partial charge in [-0.1, -0.05) is 6.07 Å². The molecule has 4 N–H and O–H groups in total. The largest absolute Gasteiger partial charge is 0.508 e. The van der Waals surface area contributed by atoms with Crippen LogP contribution in [-0.2, 0) is 4.74 Å². The summed E-state index contributed by atoms with van der Waals surface area (Å²) in [5.41, 5.74) is 6.42. The third-order valence-corrected chi connectivity index (χ3v) is 2.42. The van der Waals surface area contributed by atoms with Crippen LogP contribution in [0.15, 0.2) is 30.5 Å². The Morgan fingerprint density at radius 3 is 2.95 bits per heavy atom. The lowest BCUT2D eigenvalue weighted by Crippen LogP contribution is -2.11. The maximum Gasteiger partial charge on any atom is 0.343 e. The van der Waals surface area contributed by atoms with Gasteiger partial charge in [-0.3, -0.25) is 0 Å². The Balaban J connectivity index is 2.19. The molecule has 20 heavy (non-hydrogen) atoms. The van der Waals surface area contributed by atoms with Gasteiger partial charge in [-0.2, -0.15) is 4.98 Å². The number of nitrogens with zero attached hydrogens (tertiary/aromatic N) is 2. The van der Waals surface area contributed by atoms with Crippen LogP contribution in [0.2, 0.25) is 0 Å². The van der Waals surface area contributed by atoms with Gasteiger partial charge in [0.1, 0.15) is 17.1 Å². The van der Waals surface area contributed by atoms with Crippen LogP contribution >= 0.6 is 0 Å². The molecule has 7 nitrogen and oxygen atoms in total. The minimum atomic E-state index is -0.561. The van der Waals surface area contributed by atoms with Crippen molar-refractivity contribution in [2.24, 2.45) is 0 Å². The predicted octanol–water partition coefficient (Wildman–Crippen LogP) is 1.68. The number of nitrogens with one attached hydrogen (secondary N) is 1. The minimum absolute atomic E-state index is 0.0288. The zero-order chi connectivity index (χ0) is 14.5. The molecule has 0 aliphatic rings. The second-order valence-electron chi connectivity index (χ2n) is 3.89. The summed E-state index contributed by atoms with van der Waals surface area (Å²) in [6.45, 7) is 1.95. The third kappa shape index (κ3) is 3.14. The Labute approximate surface area is 115 Å². The number of hydrogen-bond donors (Lipinski definition) is 3. The van der Waals surface area contributed by atoms with E-state index < -0.39 is 5.97 Å². The first-order valence-electron chi connectivity index (χ1n) is 5.96. The fourth-order valence-corrected chi connectivity index (χ4v) is 1.53. The first kappa shape index (κ1) is 13.6. The van der Waals surface area contributed by atoms with E-state index in [2.05, 4.69) is 15.3 Å². The molecule has 0 amide bonds. The van der Waals surface area contributed by atoms with Gasteiger partial charge in [0.25, 0.3) is 0 Å². The molecule has 0 bridgehead atoms. The maximum atomic E-state index is 11.5. The monoisotopic (exact) mass is 274 g/mol. The lowest BCUT2D eigenvalue weighted by molar-refractivity contribution is 0.0527. The number of rotatable bonds is 4. The van der Waals surface area contributed by atoms with Gasteiger partial charge in [0.15, 0.2) is 0 Å². The van der Waals surface area contributed by atoms with Gasteiger partial charge in [-0.05, 0) is 19.1 Å². The fraction of sp³-hybridized carbons (Fsp3) is 0.154. The summed E-state index contributed by atoms with van der Waals surface area (Å²) in [5, 5.41) is 12.2. The fourth-order valence-electron chi connectivity index (χ4n) is 1.53. The highest BCUT2D eigenvalue weighted by Crippen LogP contribution is 2.19. The van der Waals surface area contributed by atoms with Gasteiger partial charge in [0.05, 0.1) is 6.61 Å². The van der Waals surface area contributed by atoms with Gasteiger partial charge >= 0.3 is 5.97 Å². The second-order valence-corrected chi connectivity index (χ2v) is 3.89. The molecular weight excluding hydrogens is 260 g/mol. The Bertz CT molecular complexity index is 631. The minimum Gasteiger partial charge on any atom is -0.508 e. The molecular formula is C13H14N4O3. The Hall–Kier alpha value is -2.83. The number of carbonyl (C=O) groups is 1. The van der Waals surface area contributed by atoms with Crippen molar-refractivity contribution in [2.75, 3.05) is 17.7 Å². The van der Waals surface area contributed by atoms with Gasteiger partial charge in [-0.15, -0.1) is 0 Å². The quantitative estimate of drug-likeness (QED) is 0.727. The summed E-state index contributed by atoms with van der Waals surface area (Å²) in [6.07, 6.45) is 1.30. The maximum absolute atomic E-state index is 11.5. The first-order chi connectivity index (χ1) is 9.60. The summed E-state index contributed by atoms with van der Waals surface area (Å²) in [4.78, 5) is 19.5. The normalized spacial score (nSPS) is 10.1. The molecule has 1 aromatic carbocycles. The molecule has 0 saturated heterocycles. The highest BCUT2D eigenvalue weighted by atomic mass is 16.5. The molecule has 0 spiro atoms. The number of nitrogens with two attached hydrogens (primary N) is 1. The van der Waals surface area contributed by atoms with Gasteiger partial charge < -0.3 is 20.9 Å². The zero-order valence-corrected chi connectivity index (χ0v) is 10.8. The number of anilines is 3. The second kappa shape index (κ2) is 5.87. The van der Waals surface area contributed by atoms with Gasteiger partial charge in [0.2, 0.25) is 5.95 Å². The molecule has 0 atom stereocenters. The smallest absolute Gasteiger partial charge is 0.343 e. The number of nitrogen functional groups attached to an aromatic ring is 1. The zero-order valence-electron chi connectivity index (χ0n) is 10.8. The van der Waals surface area contributed by atoms with E-state index in [0.717, 1.165) is 0 Å². The number of aromatic hydroxyl groups is 1. The molecule has 0 aliphatic heterocycles. The molecule has 104 valence electrons. The number of ether oxygens (including phenoxy) is 1. The summed E-state index contributed by atoms with van der Waals surface area (Å²) < 4.78 is 4.83. The molecule has 2 rings (SSSR count). The van der Waals surface area contributed by atoms with E-state index >= 15 is 0 Å². The summed E-state index contributed by atoms with van der Waals surface area (Å²) in [5.74, 6) is -0.192. The van der Waals surface area contributed by atoms with Crippen LogP contribution in [0.4, 0.5) is 17.5 Å². The van der Waals surface area contributed by atoms with Crippen LogP contribution in [0.1, 0.15) is 17.3 Å². The van der Waals surface area contributed by atoms with Crippen molar-refractivity contribution in [3.63, 3.8) is 0 Å². The van der Waals surface area contributed by atoms with Crippen LogP contribution in [0.25, 0.3) is 0 Å². The number of benzene rings is 1. The van der Waals surface area contributed by atoms with E-state index in [4.69, 9.17) is 10.5 Å². The highest BCUT2D eigenvalue weighted by molar-refractivity contribution is 5.93. The standard InChI is InChI=1S/C13H14N4O3/c1-2-20-12(19)10-7-15-13(17-11(10)14)16-8-4-3-5-9(18)6-8/h3-7,18H,2H2,1H3,(H3,14,15,16,17). The Morgan fingerprint density at radius 1 is 1.50 bits per heavy atom. The van der Waals surface area contributed by atoms with E-state index in [9.17, 15) is 9.90 Å². The number of phenols is 1. The topological polar surface area (TPSA) is 110 Å². The SMILES string of the molecule is CCOC(=O)c1cnc(Nc2cccc(O)c2)nc1N. The Kier molecular flexibility index (Phi) is 3.99. The number of carbonyl (C=O) groups excluding carboxylic acids is 1. The average molecular weight is 274 g/mol. The van der Waals surface area contributed by atoms with E-state index in [1.807, 2.05) is 0 Å². The van der Waals surface area contributed by atoms with Crippen LogP contribution in [-0.4, -0.2) is 27.7 Å². The van der Waals surface area contributed by atoms with E-state index in [0.29, 0.717) is 5.69 Å². The molecule has 0 fully saturated rings. The molecule has 0 aliphatic carbocycles. The average Bonchev–Trinajstić information content (AvgIpc) is 2.39. The first-order valence-corrected chi connectivity index (χ1v) is 5.96. The van der Waals surface area contributed by atoms with Crippen molar-refractivity contribution < 1.29 is 14.6 Å². The number of esters is 1. The lowest BCUT2D eigenvalue weighted by Gasteiger charge is -2.08. The Morgan fingerprint density at radius 2 is 2.30 bits per heavy atom. The highest BCUT2D eigenvalue weighted by Gasteiger charge is 2.13. The number of phenolic OH excluding ortho intramolecular Hbond substituents is 1. The van der Waals surface area contributed by atoms with Gasteiger partial charge in [-0.25, -0.2) is 9.78 Å². The number of hydrogen-bond acceptors (Lipinski definition) is 7. The van der Waals surface area contributed by atoms with Crippen molar-refractivity contribution in [1.82, 2.24) is 9.97 Å². The molecule has 0 unspecified atom stereocenters. The van der Waals surface area contributed by atoms with Gasteiger partial charge in [0, 0.05) is 18.0 Å². The van der Waals surface area contributed by atoms with Crippen LogP contribution in [0.5, 0.6) is 5.75 Å². The molecule has 1 aromatic heterocycles. The molecule has 1 heterocycles. The lowest BCUT2D eigenvalue weighted by atomic mass is 10.3. The van der Waals surface area contributed by atoms with Crippen LogP contribution < -0.4 is 11.1 Å². The molecule has 2 aromatic rings. The van der Waals surface area contributed by atoms with E-state index in [-0.39, 0.29) is 29.7 Å². The van der Waals surface area contributed by atoms with Crippen LogP contribution in [0, 0.1) is 0 Å². The van der Waals surface area contributed by atoms with Crippen molar-refractivity contribution in [1.29, 1.82) is 0 Å². The van der Waals surface area contributed by atoms with E-state index in [1.54, 1.807) is 25.1 Å². The van der Waals surface area contributed by atoms with Crippen molar-refractivity contribution in [3.05, 3.63) is 36.0 Å². The van der Waals surface area contributed by atoms with Crippen molar-refractivity contribution in [3.8, 4) is 5.75 Å². The summed E-state index contributed by atoms with van der Waals surface area (Å²) in [7, 11) is 0. The predicted molar refractivity (Wildman–Crippen MR) is 73.8 cm³/mol. The van der Waals surface area contributed by atoms with Crippen molar-refractivity contribution in [2.45, 2.75) is 6.92 Å². The summed E-state index contributed by atoms with van der Waals surface area (Å²) >= 11 is 0. The number of aromatic nitrogens is 2.